The molecule has 3 heterocycles. The quantitative estimate of drug-likeness (QED) is 0.811. The average Bonchev–Trinajstić information content (AvgIpc) is 3.20. The van der Waals surface area contributed by atoms with Gasteiger partial charge in [0.25, 0.3) is 0 Å². The normalized spacial score (nSPS) is 19.8. The Morgan fingerprint density at radius 1 is 1.43 bits per heavy atom. The predicted molar refractivity (Wildman–Crippen MR) is 93.6 cm³/mol. The van der Waals surface area contributed by atoms with Gasteiger partial charge in [-0.05, 0) is 24.8 Å². The smallest absolute Gasteiger partial charge is 0.228 e. The molecule has 5 nitrogen and oxygen atoms in total. The average molecular weight is 371 g/mol. The molecule has 0 bridgehead atoms. The van der Waals surface area contributed by atoms with Gasteiger partial charge in [0.2, 0.25) is 5.91 Å². The molecule has 0 saturated carbocycles. The number of hydrogen-bond donors (Lipinski definition) is 0. The molecule has 0 spiro atoms. The Morgan fingerprint density at radius 3 is 2.87 bits per heavy atom. The van der Waals surface area contributed by atoms with Gasteiger partial charge in [-0.25, -0.2) is 13.4 Å². The number of sulfone groups is 1. The fourth-order valence-corrected chi connectivity index (χ4v) is 6.09. The second-order valence-electron chi connectivity index (χ2n) is 5.57. The van der Waals surface area contributed by atoms with Crippen molar-refractivity contribution in [3.8, 4) is 10.6 Å². The summed E-state index contributed by atoms with van der Waals surface area (Å²) in [6, 6.07) is 1.82. The highest BCUT2D eigenvalue weighted by atomic mass is 32.2. The summed E-state index contributed by atoms with van der Waals surface area (Å²) >= 11 is 3.15. The van der Waals surface area contributed by atoms with Crippen molar-refractivity contribution in [2.45, 2.75) is 25.8 Å². The Labute approximate surface area is 143 Å². The Hall–Kier alpha value is -1.25. The third-order valence-electron chi connectivity index (χ3n) is 3.96. The van der Waals surface area contributed by atoms with Crippen LogP contribution in [-0.2, 0) is 21.1 Å². The van der Waals surface area contributed by atoms with E-state index >= 15 is 0 Å². The molecule has 1 atom stereocenters. The van der Waals surface area contributed by atoms with Crippen LogP contribution in [0.25, 0.3) is 10.6 Å². The lowest BCUT2D eigenvalue weighted by molar-refractivity contribution is -0.132. The molecule has 0 radical (unpaired) electrons. The van der Waals surface area contributed by atoms with E-state index < -0.39 is 9.84 Å². The largest absolute Gasteiger partial charge is 0.339 e. The lowest BCUT2D eigenvalue weighted by Gasteiger charge is -2.26. The molecule has 1 saturated heterocycles. The Kier molecular flexibility index (Phi) is 4.84. The van der Waals surface area contributed by atoms with Crippen LogP contribution in [0, 0.1) is 0 Å². The molecule has 124 valence electrons. The van der Waals surface area contributed by atoms with Gasteiger partial charge in [-0.2, -0.15) is 11.3 Å². The van der Waals surface area contributed by atoms with Crippen LogP contribution in [0.1, 0.15) is 19.0 Å². The molecule has 0 unspecified atom stereocenters. The highest BCUT2D eigenvalue weighted by Gasteiger charge is 2.33. The topological polar surface area (TPSA) is 67.3 Å². The standard InChI is InChI=1S/C15H18N2O3S3/c1-2-17(13-4-6-23(19,20)10-13)14(18)7-12-9-22-15(16-12)11-3-5-21-8-11/h3,5,8-9,13H,2,4,6-7,10H2,1H3/t13-/m0/s1. The number of carbonyl (C=O) groups is 1. The van der Waals surface area contributed by atoms with E-state index in [0.717, 1.165) is 16.3 Å². The van der Waals surface area contributed by atoms with Crippen LogP contribution in [0.3, 0.4) is 0 Å². The SMILES string of the molecule is CCN(C(=O)Cc1csc(-c2ccsc2)n1)[C@H]1CCS(=O)(=O)C1. The van der Waals surface area contributed by atoms with E-state index in [1.54, 1.807) is 16.2 Å². The van der Waals surface area contributed by atoms with Crippen molar-refractivity contribution in [2.24, 2.45) is 0 Å². The molecule has 1 aliphatic heterocycles. The van der Waals surface area contributed by atoms with Crippen molar-refractivity contribution in [3.63, 3.8) is 0 Å². The monoisotopic (exact) mass is 370 g/mol. The Balaban J connectivity index is 1.68. The molecular formula is C15H18N2O3S3. The number of rotatable bonds is 5. The minimum Gasteiger partial charge on any atom is -0.339 e. The zero-order chi connectivity index (χ0) is 16.4. The lowest BCUT2D eigenvalue weighted by atomic mass is 10.2. The zero-order valence-corrected chi connectivity index (χ0v) is 15.2. The minimum atomic E-state index is -2.99. The first kappa shape index (κ1) is 16.6. The van der Waals surface area contributed by atoms with Crippen LogP contribution in [0.15, 0.2) is 22.2 Å². The van der Waals surface area contributed by atoms with Gasteiger partial charge in [-0.15, -0.1) is 11.3 Å². The first-order chi connectivity index (χ1) is 11.0. The van der Waals surface area contributed by atoms with E-state index in [2.05, 4.69) is 4.98 Å². The maximum Gasteiger partial charge on any atom is 0.228 e. The van der Waals surface area contributed by atoms with E-state index in [-0.39, 0.29) is 29.9 Å². The van der Waals surface area contributed by atoms with Gasteiger partial charge in [0, 0.05) is 28.9 Å². The van der Waals surface area contributed by atoms with Crippen LogP contribution in [0.2, 0.25) is 0 Å². The number of hydrogen-bond acceptors (Lipinski definition) is 6. The van der Waals surface area contributed by atoms with Gasteiger partial charge in [-0.3, -0.25) is 4.79 Å². The van der Waals surface area contributed by atoms with Gasteiger partial charge in [0.05, 0.1) is 23.6 Å². The summed E-state index contributed by atoms with van der Waals surface area (Å²) < 4.78 is 23.3. The molecule has 8 heteroatoms. The number of carbonyl (C=O) groups excluding carboxylic acids is 1. The molecule has 23 heavy (non-hydrogen) atoms. The van der Waals surface area contributed by atoms with Crippen molar-refractivity contribution >= 4 is 38.4 Å². The first-order valence-electron chi connectivity index (χ1n) is 7.45. The number of likely N-dealkylation sites (N-methyl/N-ethyl adjacent to an activating group) is 1. The van der Waals surface area contributed by atoms with Gasteiger partial charge in [-0.1, -0.05) is 0 Å². The van der Waals surface area contributed by atoms with Gasteiger partial charge in [0.1, 0.15) is 5.01 Å². The molecule has 2 aromatic rings. The summed E-state index contributed by atoms with van der Waals surface area (Å²) in [6.07, 6.45) is 0.768. The van der Waals surface area contributed by atoms with E-state index in [0.29, 0.717) is 13.0 Å². The van der Waals surface area contributed by atoms with Crippen molar-refractivity contribution < 1.29 is 13.2 Å². The van der Waals surface area contributed by atoms with Crippen LogP contribution in [0.5, 0.6) is 0 Å². The molecule has 0 aliphatic carbocycles. The van der Waals surface area contributed by atoms with Crippen molar-refractivity contribution in [1.82, 2.24) is 9.88 Å². The van der Waals surface area contributed by atoms with Crippen LogP contribution < -0.4 is 0 Å². The molecule has 2 aromatic heterocycles. The van der Waals surface area contributed by atoms with Gasteiger partial charge < -0.3 is 4.90 Å². The van der Waals surface area contributed by atoms with Gasteiger partial charge in [0.15, 0.2) is 9.84 Å². The van der Waals surface area contributed by atoms with Crippen molar-refractivity contribution in [2.75, 3.05) is 18.1 Å². The molecule has 1 aliphatic rings. The number of thiazole rings is 1. The van der Waals surface area contributed by atoms with E-state index in [1.165, 1.54) is 11.3 Å². The third kappa shape index (κ3) is 3.81. The number of aromatic nitrogens is 1. The first-order valence-corrected chi connectivity index (χ1v) is 11.1. The highest BCUT2D eigenvalue weighted by molar-refractivity contribution is 7.91. The second-order valence-corrected chi connectivity index (χ2v) is 9.44. The van der Waals surface area contributed by atoms with E-state index in [4.69, 9.17) is 0 Å². The van der Waals surface area contributed by atoms with Crippen molar-refractivity contribution in [3.05, 3.63) is 27.9 Å². The van der Waals surface area contributed by atoms with E-state index in [9.17, 15) is 13.2 Å². The third-order valence-corrected chi connectivity index (χ3v) is 7.34. The summed E-state index contributed by atoms with van der Waals surface area (Å²) in [4.78, 5) is 18.7. The fraction of sp³-hybridized carbons (Fsp3) is 0.467. The molecule has 1 fully saturated rings. The maximum atomic E-state index is 12.5. The minimum absolute atomic E-state index is 0.0447. The summed E-state index contributed by atoms with van der Waals surface area (Å²) in [7, 11) is -2.99. The zero-order valence-electron chi connectivity index (χ0n) is 12.8. The second kappa shape index (κ2) is 6.70. The summed E-state index contributed by atoms with van der Waals surface area (Å²) in [5, 5.41) is 6.86. The van der Waals surface area contributed by atoms with Crippen LogP contribution in [-0.4, -0.2) is 48.3 Å². The predicted octanol–water partition coefficient (Wildman–Crippen LogP) is 2.45. The molecule has 1 amide bonds. The molecule has 3 rings (SSSR count). The Bertz CT molecular complexity index is 781. The lowest BCUT2D eigenvalue weighted by Crippen LogP contribution is -2.41. The van der Waals surface area contributed by atoms with E-state index in [1.807, 2.05) is 29.1 Å². The Morgan fingerprint density at radius 2 is 2.26 bits per heavy atom. The highest BCUT2D eigenvalue weighted by Crippen LogP contribution is 2.26. The molecule has 0 N–H and O–H groups in total. The summed E-state index contributed by atoms with van der Waals surface area (Å²) in [5.41, 5.74) is 1.83. The van der Waals surface area contributed by atoms with Crippen LogP contribution in [0.4, 0.5) is 0 Å². The summed E-state index contributed by atoms with van der Waals surface area (Å²) in [5.74, 6) is 0.223. The number of amides is 1. The fourth-order valence-electron chi connectivity index (χ4n) is 2.82. The number of thiophene rings is 1. The summed E-state index contributed by atoms with van der Waals surface area (Å²) in [6.45, 7) is 2.42. The van der Waals surface area contributed by atoms with Crippen molar-refractivity contribution in [1.29, 1.82) is 0 Å². The maximum absolute atomic E-state index is 12.5. The number of nitrogens with zero attached hydrogens (tertiary/aromatic N) is 2. The van der Waals surface area contributed by atoms with Crippen LogP contribution >= 0.6 is 22.7 Å². The molecular weight excluding hydrogens is 352 g/mol. The molecule has 0 aromatic carbocycles. The van der Waals surface area contributed by atoms with Gasteiger partial charge >= 0.3 is 0 Å².